The molecule has 1 aliphatic rings. The number of halogens is 1. The third kappa shape index (κ3) is 3.15. The van der Waals surface area contributed by atoms with Crippen LogP contribution in [0.3, 0.4) is 0 Å². The standard InChI is InChI=1S/C14H19ClN6/c1-8(2)14-20-19-12(21(14)3)7-16-11-6-10(15)17-13(18-11)9-4-5-9/h6,8-9H,4-5,7H2,1-3H3,(H,16,17,18). The molecule has 1 aliphatic carbocycles. The van der Waals surface area contributed by atoms with Crippen molar-refractivity contribution < 1.29 is 0 Å². The van der Waals surface area contributed by atoms with Crippen LogP contribution in [-0.4, -0.2) is 24.7 Å². The van der Waals surface area contributed by atoms with E-state index in [0.717, 1.165) is 36.1 Å². The van der Waals surface area contributed by atoms with E-state index in [4.69, 9.17) is 11.6 Å². The van der Waals surface area contributed by atoms with Crippen LogP contribution in [0.5, 0.6) is 0 Å². The molecule has 2 heterocycles. The van der Waals surface area contributed by atoms with Gasteiger partial charge < -0.3 is 9.88 Å². The highest BCUT2D eigenvalue weighted by Crippen LogP contribution is 2.38. The van der Waals surface area contributed by atoms with Crippen molar-refractivity contribution in [3.8, 4) is 0 Å². The summed E-state index contributed by atoms with van der Waals surface area (Å²) in [5.74, 6) is 4.27. The normalized spacial score (nSPS) is 14.7. The molecule has 3 rings (SSSR count). The van der Waals surface area contributed by atoms with E-state index in [1.54, 1.807) is 6.07 Å². The van der Waals surface area contributed by atoms with Gasteiger partial charge >= 0.3 is 0 Å². The van der Waals surface area contributed by atoms with Gasteiger partial charge in [0.15, 0.2) is 5.82 Å². The van der Waals surface area contributed by atoms with Crippen LogP contribution in [0.1, 0.15) is 56.0 Å². The third-order valence-corrected chi connectivity index (χ3v) is 3.79. The highest BCUT2D eigenvalue weighted by Gasteiger charge is 2.27. The molecular formula is C14H19ClN6. The molecule has 2 aromatic heterocycles. The van der Waals surface area contributed by atoms with Gasteiger partial charge in [0.2, 0.25) is 0 Å². The van der Waals surface area contributed by atoms with Gasteiger partial charge in [0.25, 0.3) is 0 Å². The minimum atomic E-state index is 0.353. The molecule has 21 heavy (non-hydrogen) atoms. The molecule has 7 heteroatoms. The first kappa shape index (κ1) is 14.3. The highest BCUT2D eigenvalue weighted by atomic mass is 35.5. The van der Waals surface area contributed by atoms with Crippen LogP contribution in [0.25, 0.3) is 0 Å². The fraction of sp³-hybridized carbons (Fsp3) is 0.571. The van der Waals surface area contributed by atoms with Crippen LogP contribution in [0, 0.1) is 0 Å². The summed E-state index contributed by atoms with van der Waals surface area (Å²) in [6, 6.07) is 1.74. The van der Waals surface area contributed by atoms with Crippen LogP contribution in [0.15, 0.2) is 6.07 Å². The Labute approximate surface area is 129 Å². The maximum atomic E-state index is 6.06. The predicted molar refractivity (Wildman–Crippen MR) is 81.4 cm³/mol. The van der Waals surface area contributed by atoms with E-state index in [-0.39, 0.29) is 0 Å². The molecule has 0 aliphatic heterocycles. The van der Waals surface area contributed by atoms with Gasteiger partial charge in [-0.05, 0) is 12.8 Å². The molecule has 0 atom stereocenters. The zero-order valence-corrected chi connectivity index (χ0v) is 13.2. The molecule has 0 spiro atoms. The van der Waals surface area contributed by atoms with Crippen molar-refractivity contribution in [1.29, 1.82) is 0 Å². The van der Waals surface area contributed by atoms with E-state index < -0.39 is 0 Å². The number of anilines is 1. The van der Waals surface area contributed by atoms with Crippen LogP contribution in [0.4, 0.5) is 5.82 Å². The maximum absolute atomic E-state index is 6.06. The summed E-state index contributed by atoms with van der Waals surface area (Å²) in [6.07, 6.45) is 2.31. The summed E-state index contributed by atoms with van der Waals surface area (Å²) in [4.78, 5) is 8.79. The Balaban J connectivity index is 1.73. The van der Waals surface area contributed by atoms with Gasteiger partial charge in [-0.2, -0.15) is 0 Å². The van der Waals surface area contributed by atoms with Crippen LogP contribution in [0.2, 0.25) is 5.15 Å². The number of hydrogen-bond acceptors (Lipinski definition) is 5. The van der Waals surface area contributed by atoms with Gasteiger partial charge in [-0.15, -0.1) is 10.2 Å². The fourth-order valence-electron chi connectivity index (χ4n) is 2.25. The summed E-state index contributed by atoms with van der Waals surface area (Å²) >= 11 is 6.06. The van der Waals surface area contributed by atoms with E-state index in [2.05, 4.69) is 39.3 Å². The Hall–Kier alpha value is -1.69. The molecule has 0 bridgehead atoms. The Bertz CT molecular complexity index is 647. The highest BCUT2D eigenvalue weighted by molar-refractivity contribution is 6.29. The second-order valence-electron chi connectivity index (χ2n) is 5.75. The molecule has 2 aromatic rings. The van der Waals surface area contributed by atoms with E-state index in [9.17, 15) is 0 Å². The maximum Gasteiger partial charge on any atom is 0.152 e. The first-order valence-corrected chi connectivity index (χ1v) is 7.59. The van der Waals surface area contributed by atoms with Crippen molar-refractivity contribution in [3.05, 3.63) is 28.7 Å². The molecule has 0 amide bonds. The van der Waals surface area contributed by atoms with Crippen molar-refractivity contribution >= 4 is 17.4 Å². The average molecular weight is 307 g/mol. The minimum absolute atomic E-state index is 0.353. The van der Waals surface area contributed by atoms with Crippen molar-refractivity contribution in [3.63, 3.8) is 0 Å². The van der Waals surface area contributed by atoms with Crippen LogP contribution < -0.4 is 5.32 Å². The summed E-state index contributed by atoms with van der Waals surface area (Å²) in [6.45, 7) is 4.77. The average Bonchev–Trinajstić information content (AvgIpc) is 3.20. The van der Waals surface area contributed by atoms with Crippen molar-refractivity contribution in [2.24, 2.45) is 7.05 Å². The largest absolute Gasteiger partial charge is 0.363 e. The molecular weight excluding hydrogens is 288 g/mol. The first-order valence-electron chi connectivity index (χ1n) is 7.21. The lowest BCUT2D eigenvalue weighted by Gasteiger charge is -2.09. The van der Waals surface area contributed by atoms with Gasteiger partial charge in [0, 0.05) is 24.9 Å². The lowest BCUT2D eigenvalue weighted by atomic mass is 10.2. The summed E-state index contributed by atoms with van der Waals surface area (Å²) in [5.41, 5.74) is 0. The van der Waals surface area contributed by atoms with Gasteiger partial charge in [-0.3, -0.25) is 0 Å². The Morgan fingerprint density at radius 3 is 2.71 bits per heavy atom. The van der Waals surface area contributed by atoms with Crippen molar-refractivity contribution in [2.75, 3.05) is 5.32 Å². The molecule has 0 aromatic carbocycles. The molecule has 112 valence electrons. The third-order valence-electron chi connectivity index (χ3n) is 3.60. The number of nitrogens with one attached hydrogen (secondary N) is 1. The van der Waals surface area contributed by atoms with Gasteiger partial charge in [0.1, 0.15) is 22.6 Å². The molecule has 0 radical (unpaired) electrons. The minimum Gasteiger partial charge on any atom is -0.363 e. The lowest BCUT2D eigenvalue weighted by Crippen LogP contribution is -2.10. The SMILES string of the molecule is CC(C)c1nnc(CNc2cc(Cl)nc(C3CC3)n2)n1C. The zero-order valence-electron chi connectivity index (χ0n) is 12.5. The summed E-state index contributed by atoms with van der Waals surface area (Å²) in [5, 5.41) is 12.2. The monoisotopic (exact) mass is 306 g/mol. The Morgan fingerprint density at radius 2 is 2.10 bits per heavy atom. The molecule has 6 nitrogen and oxygen atoms in total. The van der Waals surface area contributed by atoms with Crippen LogP contribution >= 0.6 is 11.6 Å². The van der Waals surface area contributed by atoms with Crippen molar-refractivity contribution in [1.82, 2.24) is 24.7 Å². The van der Waals surface area contributed by atoms with Crippen molar-refractivity contribution in [2.45, 2.75) is 45.1 Å². The Kier molecular flexibility index (Phi) is 3.80. The zero-order chi connectivity index (χ0) is 15.0. The number of aromatic nitrogens is 5. The van der Waals surface area contributed by atoms with E-state index >= 15 is 0 Å². The molecule has 0 unspecified atom stereocenters. The van der Waals surface area contributed by atoms with E-state index in [0.29, 0.717) is 23.5 Å². The lowest BCUT2D eigenvalue weighted by molar-refractivity contribution is 0.692. The fourth-order valence-corrected chi connectivity index (χ4v) is 2.44. The molecule has 1 saturated carbocycles. The first-order chi connectivity index (χ1) is 10.0. The van der Waals surface area contributed by atoms with Gasteiger partial charge in [0.05, 0.1) is 6.54 Å². The number of hydrogen-bond donors (Lipinski definition) is 1. The summed E-state index contributed by atoms with van der Waals surface area (Å²) < 4.78 is 2.02. The smallest absolute Gasteiger partial charge is 0.152 e. The van der Waals surface area contributed by atoms with Gasteiger partial charge in [-0.1, -0.05) is 25.4 Å². The predicted octanol–water partition coefficient (Wildman–Crippen LogP) is 2.87. The van der Waals surface area contributed by atoms with E-state index in [1.807, 2.05) is 11.6 Å². The second-order valence-corrected chi connectivity index (χ2v) is 6.14. The topological polar surface area (TPSA) is 68.5 Å². The number of nitrogens with zero attached hydrogens (tertiary/aromatic N) is 5. The molecule has 0 saturated heterocycles. The van der Waals surface area contributed by atoms with Gasteiger partial charge in [-0.25, -0.2) is 9.97 Å². The molecule has 1 fully saturated rings. The molecule has 1 N–H and O–H groups in total. The number of rotatable bonds is 5. The Morgan fingerprint density at radius 1 is 1.33 bits per heavy atom. The second kappa shape index (κ2) is 5.60. The quantitative estimate of drug-likeness (QED) is 0.860. The van der Waals surface area contributed by atoms with E-state index in [1.165, 1.54) is 0 Å². The van der Waals surface area contributed by atoms with Crippen LogP contribution in [-0.2, 0) is 13.6 Å². The summed E-state index contributed by atoms with van der Waals surface area (Å²) in [7, 11) is 1.98.